The van der Waals surface area contributed by atoms with Crippen molar-refractivity contribution >= 4 is 17.0 Å². The van der Waals surface area contributed by atoms with Crippen molar-refractivity contribution in [2.75, 3.05) is 38.6 Å². The lowest BCUT2D eigenvalue weighted by Crippen LogP contribution is -3.00. The average Bonchev–Trinajstić information content (AvgIpc) is 3.16. The van der Waals surface area contributed by atoms with Gasteiger partial charge in [0.2, 0.25) is 0 Å². The number of nitrogens with two attached hydrogens (primary N) is 1. The number of hydrogen-bond donors (Lipinski definition) is 1. The van der Waals surface area contributed by atoms with Crippen molar-refractivity contribution in [1.82, 2.24) is 9.47 Å². The fourth-order valence-corrected chi connectivity index (χ4v) is 5.32. The van der Waals surface area contributed by atoms with E-state index < -0.39 is 0 Å². The molecule has 2 heterocycles. The average molecular weight is 513 g/mol. The lowest BCUT2D eigenvalue weighted by atomic mass is 10.1. The summed E-state index contributed by atoms with van der Waals surface area (Å²) < 4.78 is 9.99. The topological polar surface area (TPSA) is 47.3 Å². The first-order valence-corrected chi connectivity index (χ1v) is 13.9. The van der Waals surface area contributed by atoms with Crippen LogP contribution in [0.4, 0.5) is 5.95 Å². The first-order valence-electron chi connectivity index (χ1n) is 13.9. The Hall–Kier alpha value is -2.08. The molecule has 0 aliphatic carbocycles. The van der Waals surface area contributed by atoms with E-state index in [1.54, 1.807) is 0 Å². The molecule has 0 radical (unpaired) electrons. The Balaban J connectivity index is 0.00000361. The fraction of sp³-hybridized carbons (Fsp3) is 0.567. The molecular formula is C30H45ClN4O. The summed E-state index contributed by atoms with van der Waals surface area (Å²) in [6.45, 7) is 7.16. The first kappa shape index (κ1) is 28.5. The van der Waals surface area contributed by atoms with Crippen molar-refractivity contribution in [1.29, 1.82) is 0 Å². The largest absolute Gasteiger partial charge is 1.00 e. The maximum Gasteiger partial charge on any atom is 0.356 e. The van der Waals surface area contributed by atoms with Crippen molar-refractivity contribution < 1.29 is 21.7 Å². The highest BCUT2D eigenvalue weighted by molar-refractivity contribution is 5.73. The molecule has 1 saturated heterocycles. The molecule has 2 N–H and O–H groups in total. The third kappa shape index (κ3) is 8.50. The van der Waals surface area contributed by atoms with Gasteiger partial charge in [-0.1, -0.05) is 93.8 Å². The molecule has 3 aromatic rings. The SMILES string of the molecule is Nc1n(CCCCCCCCCCCCN2CCOCC2)c2ccccc2[n+]1Cc1ccccc1.[Cl-]. The summed E-state index contributed by atoms with van der Waals surface area (Å²) in [6.07, 6.45) is 13.5. The number of nitrogens with zero attached hydrogens (tertiary/aromatic N) is 3. The quantitative estimate of drug-likeness (QED) is 0.251. The predicted octanol–water partition coefficient (Wildman–Crippen LogP) is 2.80. The summed E-state index contributed by atoms with van der Waals surface area (Å²) in [5, 5.41) is 0. The number of halogens is 1. The Morgan fingerprint density at radius 1 is 0.694 bits per heavy atom. The second-order valence-electron chi connectivity index (χ2n) is 10.1. The number of fused-ring (bicyclic) bond motifs is 1. The molecule has 4 rings (SSSR count). The summed E-state index contributed by atoms with van der Waals surface area (Å²) >= 11 is 0. The van der Waals surface area contributed by atoms with Crippen molar-refractivity contribution in [2.45, 2.75) is 77.3 Å². The highest BCUT2D eigenvalue weighted by Gasteiger charge is 2.20. The van der Waals surface area contributed by atoms with Gasteiger partial charge in [-0.05, 0) is 37.1 Å². The van der Waals surface area contributed by atoms with E-state index in [1.165, 1.54) is 87.3 Å². The van der Waals surface area contributed by atoms with Gasteiger partial charge < -0.3 is 17.1 Å². The maximum atomic E-state index is 6.65. The monoisotopic (exact) mass is 512 g/mol. The van der Waals surface area contributed by atoms with Gasteiger partial charge in [-0.25, -0.2) is 9.13 Å². The van der Waals surface area contributed by atoms with Crippen molar-refractivity contribution in [3.8, 4) is 0 Å². The number of rotatable bonds is 15. The van der Waals surface area contributed by atoms with E-state index in [0.29, 0.717) is 0 Å². The van der Waals surface area contributed by atoms with Gasteiger partial charge in [-0.3, -0.25) is 10.6 Å². The van der Waals surface area contributed by atoms with Gasteiger partial charge >= 0.3 is 5.95 Å². The van der Waals surface area contributed by atoms with Gasteiger partial charge in [0.25, 0.3) is 0 Å². The van der Waals surface area contributed by atoms with Gasteiger partial charge in [0, 0.05) is 13.1 Å². The van der Waals surface area contributed by atoms with Crippen LogP contribution in [0.25, 0.3) is 11.0 Å². The molecule has 1 aliphatic heterocycles. The molecule has 198 valence electrons. The first-order chi connectivity index (χ1) is 17.3. The summed E-state index contributed by atoms with van der Waals surface area (Å²) in [5.41, 5.74) is 10.4. The Labute approximate surface area is 224 Å². The second-order valence-corrected chi connectivity index (χ2v) is 10.1. The number of nitrogen functional groups attached to an aromatic ring is 1. The molecule has 6 heteroatoms. The minimum absolute atomic E-state index is 0. The molecule has 0 amide bonds. The molecule has 0 saturated carbocycles. The maximum absolute atomic E-state index is 6.65. The highest BCUT2D eigenvalue weighted by Crippen LogP contribution is 2.19. The normalized spacial score (nSPS) is 14.2. The van der Waals surface area contributed by atoms with E-state index in [4.69, 9.17) is 10.5 Å². The van der Waals surface area contributed by atoms with Crippen LogP contribution in [-0.4, -0.2) is 42.3 Å². The van der Waals surface area contributed by atoms with E-state index in [-0.39, 0.29) is 12.4 Å². The van der Waals surface area contributed by atoms with Crippen molar-refractivity contribution in [2.24, 2.45) is 0 Å². The van der Waals surface area contributed by atoms with Gasteiger partial charge in [0.1, 0.15) is 11.0 Å². The Morgan fingerprint density at radius 2 is 1.25 bits per heavy atom. The van der Waals surface area contributed by atoms with Crippen LogP contribution in [0.15, 0.2) is 54.6 Å². The van der Waals surface area contributed by atoms with Crippen molar-refractivity contribution in [3.63, 3.8) is 0 Å². The number of ether oxygens (including phenoxy) is 1. The van der Waals surface area contributed by atoms with Crippen LogP contribution >= 0.6 is 0 Å². The zero-order valence-corrected chi connectivity index (χ0v) is 22.7. The molecule has 2 aromatic carbocycles. The van der Waals surface area contributed by atoms with E-state index in [9.17, 15) is 0 Å². The van der Waals surface area contributed by atoms with Gasteiger partial charge in [-0.2, -0.15) is 0 Å². The minimum Gasteiger partial charge on any atom is -1.00 e. The van der Waals surface area contributed by atoms with Crippen LogP contribution in [0.5, 0.6) is 0 Å². The number of aromatic nitrogens is 2. The van der Waals surface area contributed by atoms with Crippen LogP contribution in [0.2, 0.25) is 0 Å². The number of imidazole rings is 1. The number of anilines is 1. The van der Waals surface area contributed by atoms with Gasteiger partial charge in [0.05, 0.1) is 26.3 Å². The molecule has 1 aromatic heterocycles. The zero-order valence-electron chi connectivity index (χ0n) is 21.9. The van der Waals surface area contributed by atoms with Gasteiger partial charge in [0.15, 0.2) is 0 Å². The highest BCUT2D eigenvalue weighted by atomic mass is 35.5. The van der Waals surface area contributed by atoms with Crippen LogP contribution < -0.4 is 22.7 Å². The Morgan fingerprint density at radius 3 is 1.92 bits per heavy atom. The van der Waals surface area contributed by atoms with Crippen LogP contribution in [0, 0.1) is 0 Å². The van der Waals surface area contributed by atoms with Crippen molar-refractivity contribution in [3.05, 3.63) is 60.2 Å². The molecule has 0 bridgehead atoms. The lowest BCUT2D eigenvalue weighted by molar-refractivity contribution is -0.648. The predicted molar refractivity (Wildman–Crippen MR) is 146 cm³/mol. The summed E-state index contributed by atoms with van der Waals surface area (Å²) in [4.78, 5) is 2.55. The molecule has 0 unspecified atom stereocenters. The van der Waals surface area contributed by atoms with Crippen LogP contribution in [-0.2, 0) is 17.8 Å². The lowest BCUT2D eigenvalue weighted by Gasteiger charge is -2.26. The Bertz CT molecular complexity index is 1000. The number of morpholine rings is 1. The number of aryl methyl sites for hydroxylation is 1. The minimum atomic E-state index is 0. The zero-order chi connectivity index (χ0) is 24.1. The smallest absolute Gasteiger partial charge is 0.356 e. The van der Waals surface area contributed by atoms with E-state index in [0.717, 1.165) is 45.3 Å². The number of para-hydroxylation sites is 2. The molecule has 0 atom stereocenters. The summed E-state index contributed by atoms with van der Waals surface area (Å²) in [6, 6.07) is 19.2. The standard InChI is InChI=1S/C30H44N4O.ClH/c31-30-33(28-18-12-13-19-29(28)34(30)26-27-16-10-9-11-17-27)21-15-8-6-4-2-1-3-5-7-14-20-32-22-24-35-25-23-32;/h9-13,16-19,31H,1-8,14-15,20-26H2;1H. The summed E-state index contributed by atoms with van der Waals surface area (Å²) in [7, 11) is 0. The third-order valence-electron chi connectivity index (χ3n) is 7.41. The molecule has 36 heavy (non-hydrogen) atoms. The Kier molecular flexibility index (Phi) is 12.6. The molecular weight excluding hydrogens is 468 g/mol. The second kappa shape index (κ2) is 15.9. The van der Waals surface area contributed by atoms with E-state index >= 15 is 0 Å². The molecule has 1 aliphatic rings. The van der Waals surface area contributed by atoms with E-state index in [1.807, 2.05) is 0 Å². The summed E-state index contributed by atoms with van der Waals surface area (Å²) in [5.74, 6) is 0.865. The van der Waals surface area contributed by atoms with Crippen LogP contribution in [0.3, 0.4) is 0 Å². The molecule has 0 spiro atoms. The molecule has 1 fully saturated rings. The van der Waals surface area contributed by atoms with Crippen LogP contribution in [0.1, 0.15) is 69.8 Å². The van der Waals surface area contributed by atoms with Gasteiger partial charge in [-0.15, -0.1) is 0 Å². The number of unbranched alkanes of at least 4 members (excludes halogenated alkanes) is 9. The number of hydrogen-bond acceptors (Lipinski definition) is 3. The number of benzene rings is 2. The van der Waals surface area contributed by atoms with E-state index in [2.05, 4.69) is 68.6 Å². The third-order valence-corrected chi connectivity index (χ3v) is 7.41. The molecule has 5 nitrogen and oxygen atoms in total. The fourth-order valence-electron chi connectivity index (χ4n) is 5.32.